The number of aryl methyl sites for hydroxylation is 1. The zero-order valence-electron chi connectivity index (χ0n) is 10.8. The van der Waals surface area contributed by atoms with Crippen LogP contribution in [0.4, 0.5) is 0 Å². The third-order valence-electron chi connectivity index (χ3n) is 3.92. The van der Waals surface area contributed by atoms with Crippen molar-refractivity contribution in [1.29, 1.82) is 0 Å². The average molecular weight is 212 g/mol. The van der Waals surface area contributed by atoms with Gasteiger partial charge in [0.05, 0.1) is 0 Å². The number of allylic oxidation sites excluding steroid dienone is 1. The highest BCUT2D eigenvalue weighted by molar-refractivity contribution is 6.14. The van der Waals surface area contributed by atoms with Crippen molar-refractivity contribution in [3.8, 4) is 0 Å². The fraction of sp³-hybridized carbons (Fsp3) is 0.467. The summed E-state index contributed by atoms with van der Waals surface area (Å²) in [6.07, 6.45) is 4.92. The Labute approximate surface area is 100 Å². The van der Waals surface area contributed by atoms with Crippen LogP contribution >= 0.6 is 0 Å². The molecule has 0 saturated heterocycles. The summed E-state index contributed by atoms with van der Waals surface area (Å²) in [5, 5.41) is 0. The van der Waals surface area contributed by atoms with Crippen LogP contribution in [0.2, 0.25) is 6.32 Å². The Kier molecular flexibility index (Phi) is 2.97. The fourth-order valence-corrected chi connectivity index (χ4v) is 2.70. The monoisotopic (exact) mass is 212 g/mol. The van der Waals surface area contributed by atoms with E-state index in [0.29, 0.717) is 5.41 Å². The van der Waals surface area contributed by atoms with Crippen LogP contribution in [-0.4, -0.2) is 7.85 Å². The van der Waals surface area contributed by atoms with E-state index in [1.54, 1.807) is 11.1 Å². The molecule has 1 heteroatoms. The lowest BCUT2D eigenvalue weighted by molar-refractivity contribution is 0.432. The normalized spacial score (nSPS) is 17.9. The quantitative estimate of drug-likeness (QED) is 0.659. The maximum absolute atomic E-state index is 4.14. The van der Waals surface area contributed by atoms with Gasteiger partial charge in [-0.15, -0.1) is 0 Å². The van der Waals surface area contributed by atoms with Crippen LogP contribution in [0.3, 0.4) is 0 Å². The van der Waals surface area contributed by atoms with Gasteiger partial charge < -0.3 is 0 Å². The van der Waals surface area contributed by atoms with Gasteiger partial charge in [0, 0.05) is 0 Å². The predicted molar refractivity (Wildman–Crippen MR) is 74.8 cm³/mol. The summed E-state index contributed by atoms with van der Waals surface area (Å²) in [5.41, 5.74) is 6.02. The van der Waals surface area contributed by atoms with Gasteiger partial charge >= 0.3 is 0 Å². The minimum Gasteiger partial charge on any atom is -0.0960 e. The molecule has 0 amide bonds. The molecule has 0 bridgehead atoms. The summed E-state index contributed by atoms with van der Waals surface area (Å²) in [4.78, 5) is 0. The largest absolute Gasteiger partial charge is 0.107 e. The smallest absolute Gasteiger partial charge is 0.0960 e. The maximum atomic E-state index is 4.14. The first-order valence-electron chi connectivity index (χ1n) is 6.36. The van der Waals surface area contributed by atoms with Crippen LogP contribution in [0, 0.1) is 0 Å². The van der Waals surface area contributed by atoms with Gasteiger partial charge in [-0.3, -0.25) is 0 Å². The molecule has 0 saturated carbocycles. The molecule has 2 rings (SSSR count). The third kappa shape index (κ3) is 1.96. The molecule has 0 unspecified atom stereocenters. The van der Waals surface area contributed by atoms with Crippen molar-refractivity contribution < 1.29 is 0 Å². The van der Waals surface area contributed by atoms with Gasteiger partial charge in [-0.05, 0) is 41.4 Å². The number of hydrogen-bond donors (Lipinski definition) is 0. The number of benzene rings is 1. The SMILES string of the molecule is BCC(=C)c1ccc2c(c1)C(C)(C)CCC2. The summed E-state index contributed by atoms with van der Waals surface area (Å²) in [6.45, 7) is 8.87. The van der Waals surface area contributed by atoms with Gasteiger partial charge in [-0.1, -0.05) is 50.5 Å². The second-order valence-electron chi connectivity index (χ2n) is 5.57. The standard InChI is InChI=1S/C15H21B/c1-11(10-16)13-7-6-12-5-4-8-15(2,3)14(12)9-13/h6-7,9H,1,4-5,8,10,16H2,2-3H3. The van der Waals surface area contributed by atoms with Gasteiger partial charge in [0.15, 0.2) is 0 Å². The number of fused-ring (bicyclic) bond motifs is 1. The topological polar surface area (TPSA) is 0 Å². The summed E-state index contributed by atoms with van der Waals surface area (Å²) in [6, 6.07) is 6.93. The molecule has 0 aliphatic heterocycles. The van der Waals surface area contributed by atoms with Crippen molar-refractivity contribution >= 4 is 13.4 Å². The first-order chi connectivity index (χ1) is 7.54. The lowest BCUT2D eigenvalue weighted by Crippen LogP contribution is -2.23. The van der Waals surface area contributed by atoms with Crippen LogP contribution in [0.1, 0.15) is 43.4 Å². The summed E-state index contributed by atoms with van der Waals surface area (Å²) in [7, 11) is 2.17. The highest BCUT2D eigenvalue weighted by atomic mass is 14.3. The maximum Gasteiger partial charge on any atom is 0.107 e. The van der Waals surface area contributed by atoms with Crippen molar-refractivity contribution in [3.05, 3.63) is 41.5 Å². The molecule has 0 aromatic heterocycles. The zero-order chi connectivity index (χ0) is 11.8. The zero-order valence-corrected chi connectivity index (χ0v) is 10.8. The van der Waals surface area contributed by atoms with E-state index in [-0.39, 0.29) is 0 Å². The fourth-order valence-electron chi connectivity index (χ4n) is 2.70. The molecule has 1 aromatic rings. The molecule has 0 fully saturated rings. The summed E-state index contributed by atoms with van der Waals surface area (Å²) in [5.74, 6) is 0. The van der Waals surface area contributed by atoms with E-state index in [0.717, 1.165) is 6.32 Å². The Morgan fingerprint density at radius 3 is 2.88 bits per heavy atom. The van der Waals surface area contributed by atoms with E-state index < -0.39 is 0 Å². The van der Waals surface area contributed by atoms with Gasteiger partial charge in [0.25, 0.3) is 0 Å². The molecule has 1 aromatic carbocycles. The molecular weight excluding hydrogens is 191 g/mol. The van der Waals surface area contributed by atoms with Gasteiger partial charge in [-0.2, -0.15) is 0 Å². The van der Waals surface area contributed by atoms with Crippen LogP contribution in [0.15, 0.2) is 24.8 Å². The molecule has 1 aliphatic carbocycles. The molecule has 84 valence electrons. The van der Waals surface area contributed by atoms with E-state index in [2.05, 4.69) is 46.5 Å². The van der Waals surface area contributed by atoms with Gasteiger partial charge in [-0.25, -0.2) is 0 Å². The van der Waals surface area contributed by atoms with Crippen molar-refractivity contribution in [2.45, 2.75) is 44.8 Å². The first-order valence-corrected chi connectivity index (χ1v) is 6.36. The molecule has 0 nitrogen and oxygen atoms in total. The predicted octanol–water partition coefficient (Wildman–Crippen LogP) is 3.37. The Morgan fingerprint density at radius 1 is 1.44 bits per heavy atom. The van der Waals surface area contributed by atoms with Crippen LogP contribution in [-0.2, 0) is 11.8 Å². The molecule has 16 heavy (non-hydrogen) atoms. The number of rotatable bonds is 2. The van der Waals surface area contributed by atoms with Crippen molar-refractivity contribution in [1.82, 2.24) is 0 Å². The molecule has 0 spiro atoms. The van der Waals surface area contributed by atoms with E-state index in [1.807, 2.05) is 0 Å². The van der Waals surface area contributed by atoms with Gasteiger partial charge in [0.2, 0.25) is 0 Å². The minimum atomic E-state index is 0.345. The Balaban J connectivity index is 2.47. The third-order valence-corrected chi connectivity index (χ3v) is 3.92. The van der Waals surface area contributed by atoms with Crippen LogP contribution in [0.5, 0.6) is 0 Å². The second-order valence-corrected chi connectivity index (χ2v) is 5.57. The van der Waals surface area contributed by atoms with Crippen LogP contribution < -0.4 is 0 Å². The van der Waals surface area contributed by atoms with E-state index >= 15 is 0 Å². The highest BCUT2D eigenvalue weighted by Gasteiger charge is 2.27. The molecule has 1 aliphatic rings. The highest BCUT2D eigenvalue weighted by Crippen LogP contribution is 2.38. The second kappa shape index (κ2) is 4.12. The van der Waals surface area contributed by atoms with Gasteiger partial charge in [0.1, 0.15) is 7.85 Å². The van der Waals surface area contributed by atoms with Crippen molar-refractivity contribution in [3.63, 3.8) is 0 Å². The Hall–Kier alpha value is -0.975. The van der Waals surface area contributed by atoms with E-state index in [4.69, 9.17) is 0 Å². The molecule has 0 heterocycles. The van der Waals surface area contributed by atoms with Crippen molar-refractivity contribution in [2.24, 2.45) is 0 Å². The Morgan fingerprint density at radius 2 is 2.19 bits per heavy atom. The Bertz CT molecular complexity index is 415. The molecule has 0 N–H and O–H groups in total. The van der Waals surface area contributed by atoms with E-state index in [9.17, 15) is 0 Å². The van der Waals surface area contributed by atoms with Crippen LogP contribution in [0.25, 0.3) is 5.57 Å². The molecular formula is C15H21B. The minimum absolute atomic E-state index is 0.345. The summed E-state index contributed by atoms with van der Waals surface area (Å²) < 4.78 is 0. The van der Waals surface area contributed by atoms with Crippen molar-refractivity contribution in [2.75, 3.05) is 0 Å². The first kappa shape index (κ1) is 11.5. The average Bonchev–Trinajstić information content (AvgIpc) is 2.27. The lowest BCUT2D eigenvalue weighted by atomic mass is 9.72. The molecule has 0 atom stereocenters. The lowest BCUT2D eigenvalue weighted by Gasteiger charge is -2.33. The van der Waals surface area contributed by atoms with E-state index in [1.165, 1.54) is 30.4 Å². The summed E-state index contributed by atoms with van der Waals surface area (Å²) >= 11 is 0. The molecule has 0 radical (unpaired) electrons. The number of hydrogen-bond acceptors (Lipinski definition) is 0.